The Morgan fingerprint density at radius 1 is 0.657 bits per heavy atom. The van der Waals surface area contributed by atoms with E-state index >= 15 is 0 Å². The summed E-state index contributed by atoms with van der Waals surface area (Å²) in [7, 11) is 0. The van der Waals surface area contributed by atoms with Crippen LogP contribution in [0, 0.1) is 0 Å². The molecule has 0 bridgehead atoms. The lowest BCUT2D eigenvalue weighted by atomic mass is 9.87. The molecule has 0 spiro atoms. The Kier molecular flexibility index (Phi) is 14.6. The molecule has 2 aromatic heterocycles. The lowest BCUT2D eigenvalue weighted by molar-refractivity contribution is 0.867. The lowest BCUT2D eigenvalue weighted by Crippen LogP contribution is -2.19. The molecule has 332 valence electrons. The molecule has 2 aliphatic rings. The maximum absolute atomic E-state index is 4.99. The van der Waals surface area contributed by atoms with Crippen LogP contribution in [0.25, 0.3) is 49.9 Å². The number of aliphatic imine (C=N–C) groups is 1. The maximum atomic E-state index is 4.99. The number of para-hydroxylation sites is 2. The summed E-state index contributed by atoms with van der Waals surface area (Å²) in [6.07, 6.45) is 16.6. The summed E-state index contributed by atoms with van der Waals surface area (Å²) in [6.45, 7) is 16.9. The van der Waals surface area contributed by atoms with Crippen molar-refractivity contribution >= 4 is 44.5 Å². The average Bonchev–Trinajstić information content (AvgIpc) is 3.72. The van der Waals surface area contributed by atoms with Crippen LogP contribution in [0.3, 0.4) is 0 Å². The van der Waals surface area contributed by atoms with E-state index in [0.29, 0.717) is 5.92 Å². The van der Waals surface area contributed by atoms with Gasteiger partial charge >= 0.3 is 0 Å². The van der Waals surface area contributed by atoms with E-state index in [1.54, 1.807) is 0 Å². The highest BCUT2D eigenvalue weighted by Crippen LogP contribution is 2.40. The SMILES string of the molecule is C=C1/C=C\C=CN(c2ccccc2)C2=C1CCC(c1cccc(-n3c4ccccc4c4ccc(-c5ccnc(/C(=C/C)N=C(C)c6ccccc6)c5)cc43)c1)=C2.CC.CC(C)c1ccccc1. The highest BCUT2D eigenvalue weighted by molar-refractivity contribution is 6.10. The smallest absolute Gasteiger partial charge is 0.0889 e. The quantitative estimate of drug-likeness (QED) is 0.143. The van der Waals surface area contributed by atoms with E-state index in [-0.39, 0.29) is 0 Å². The van der Waals surface area contributed by atoms with Gasteiger partial charge in [-0.05, 0) is 138 Å². The predicted molar refractivity (Wildman–Crippen MR) is 289 cm³/mol. The van der Waals surface area contributed by atoms with Gasteiger partial charge in [0.2, 0.25) is 0 Å². The Balaban J connectivity index is 0.000000492. The van der Waals surface area contributed by atoms with E-state index in [1.807, 2.05) is 64.2 Å². The molecular formula is C63H60N4. The van der Waals surface area contributed by atoms with Crippen molar-refractivity contribution < 1.29 is 0 Å². The average molecular weight is 873 g/mol. The normalized spacial score (nSPS) is 14.4. The predicted octanol–water partition coefficient (Wildman–Crippen LogP) is 17.1. The van der Waals surface area contributed by atoms with Crippen molar-refractivity contribution in [2.75, 3.05) is 4.90 Å². The van der Waals surface area contributed by atoms with Crippen molar-refractivity contribution in [3.63, 3.8) is 0 Å². The van der Waals surface area contributed by atoms with Gasteiger partial charge in [-0.2, -0.15) is 0 Å². The molecule has 8 aromatic rings. The number of benzene rings is 6. The van der Waals surface area contributed by atoms with Crippen LogP contribution in [0.4, 0.5) is 5.69 Å². The molecule has 0 unspecified atom stereocenters. The van der Waals surface area contributed by atoms with E-state index in [4.69, 9.17) is 9.98 Å². The van der Waals surface area contributed by atoms with Gasteiger partial charge in [-0.25, -0.2) is 0 Å². The van der Waals surface area contributed by atoms with E-state index in [2.05, 4.69) is 206 Å². The van der Waals surface area contributed by atoms with Crippen molar-refractivity contribution in [2.45, 2.75) is 60.3 Å². The third-order valence-corrected chi connectivity index (χ3v) is 12.3. The number of pyridine rings is 1. The van der Waals surface area contributed by atoms with Crippen molar-refractivity contribution in [3.8, 4) is 16.8 Å². The van der Waals surface area contributed by atoms with Crippen LogP contribution in [0.2, 0.25) is 0 Å². The molecule has 10 rings (SSSR count). The summed E-state index contributed by atoms with van der Waals surface area (Å²) in [6, 6.07) is 60.2. The van der Waals surface area contributed by atoms with Crippen molar-refractivity contribution in [3.05, 3.63) is 258 Å². The molecule has 0 saturated carbocycles. The molecule has 4 heteroatoms. The summed E-state index contributed by atoms with van der Waals surface area (Å²) in [5, 5.41) is 2.45. The summed E-state index contributed by atoms with van der Waals surface area (Å²) in [4.78, 5) is 12.0. The van der Waals surface area contributed by atoms with E-state index in [0.717, 1.165) is 69.1 Å². The highest BCUT2D eigenvalue weighted by Gasteiger charge is 2.22. The van der Waals surface area contributed by atoms with Crippen LogP contribution in [-0.4, -0.2) is 15.3 Å². The van der Waals surface area contributed by atoms with Crippen molar-refractivity contribution in [1.82, 2.24) is 9.55 Å². The number of fused-ring (bicyclic) bond motifs is 3. The van der Waals surface area contributed by atoms with Gasteiger partial charge in [0.05, 0.1) is 22.4 Å². The van der Waals surface area contributed by atoms with Gasteiger partial charge in [0.25, 0.3) is 0 Å². The molecule has 1 aliphatic carbocycles. The molecule has 6 aromatic carbocycles. The Labute approximate surface area is 397 Å². The van der Waals surface area contributed by atoms with Crippen molar-refractivity contribution in [2.24, 2.45) is 4.99 Å². The summed E-state index contributed by atoms with van der Waals surface area (Å²) >= 11 is 0. The van der Waals surface area contributed by atoms with Crippen molar-refractivity contribution in [1.29, 1.82) is 0 Å². The fraction of sp³-hybridized carbons (Fsp3) is 0.143. The minimum atomic E-state index is 0.659. The van der Waals surface area contributed by atoms with Gasteiger partial charge in [-0.15, -0.1) is 0 Å². The first-order valence-electron chi connectivity index (χ1n) is 23.6. The largest absolute Gasteiger partial charge is 0.317 e. The molecule has 0 saturated heterocycles. The Bertz CT molecular complexity index is 3190. The zero-order valence-corrected chi connectivity index (χ0v) is 39.7. The summed E-state index contributed by atoms with van der Waals surface area (Å²) in [5.74, 6) is 0.659. The molecule has 0 fully saturated rings. The minimum absolute atomic E-state index is 0.659. The number of anilines is 1. The summed E-state index contributed by atoms with van der Waals surface area (Å²) in [5.41, 5.74) is 18.0. The maximum Gasteiger partial charge on any atom is 0.0889 e. The Morgan fingerprint density at radius 2 is 1.33 bits per heavy atom. The number of rotatable bonds is 8. The zero-order chi connectivity index (χ0) is 46.7. The van der Waals surface area contributed by atoms with Gasteiger partial charge in [-0.3, -0.25) is 9.98 Å². The summed E-state index contributed by atoms with van der Waals surface area (Å²) < 4.78 is 2.42. The van der Waals surface area contributed by atoms with Crippen LogP contribution in [0.15, 0.2) is 241 Å². The van der Waals surface area contributed by atoms with Gasteiger partial charge in [0.15, 0.2) is 0 Å². The first kappa shape index (κ1) is 45.7. The standard InChI is InChI=1S/C52H42N4.C9H12.C2H6/c1-4-48(54-37(3)38-17-7-5-8-18-38)49-33-42(29-30-53-49)41-26-28-47-46-23-11-12-24-50(46)56(52(47)35-41)44-22-15-19-39(32-44)40-25-27-45-36(2)16-13-14-31-55(51(45)34-40)43-20-9-6-10-21-43;1-8(2)9-6-4-3-5-7-9;1-2/h4-24,26,28-35H,2,25,27H2,1,3H3;3-8H,1-2H3;1-2H3/b16-13-,31-14?,48-4-,54-37?;;. The van der Waals surface area contributed by atoms with Crippen LogP contribution < -0.4 is 4.90 Å². The van der Waals surface area contributed by atoms with Gasteiger partial charge < -0.3 is 9.47 Å². The minimum Gasteiger partial charge on any atom is -0.317 e. The molecule has 0 atom stereocenters. The fourth-order valence-corrected chi connectivity index (χ4v) is 8.84. The number of nitrogens with zero attached hydrogens (tertiary/aromatic N) is 4. The fourth-order valence-electron chi connectivity index (χ4n) is 8.84. The third-order valence-electron chi connectivity index (χ3n) is 12.3. The molecule has 67 heavy (non-hydrogen) atoms. The van der Waals surface area contributed by atoms with E-state index < -0.39 is 0 Å². The molecule has 1 aliphatic heterocycles. The first-order valence-corrected chi connectivity index (χ1v) is 23.6. The van der Waals surface area contributed by atoms with Gasteiger partial charge in [0.1, 0.15) is 0 Å². The third kappa shape index (κ3) is 10.2. The second-order valence-corrected chi connectivity index (χ2v) is 16.8. The zero-order valence-electron chi connectivity index (χ0n) is 39.7. The van der Waals surface area contributed by atoms with Crippen LogP contribution >= 0.6 is 0 Å². The second-order valence-electron chi connectivity index (χ2n) is 16.8. The first-order chi connectivity index (χ1) is 32.9. The highest BCUT2D eigenvalue weighted by atomic mass is 15.1. The van der Waals surface area contributed by atoms with Crippen LogP contribution in [0.5, 0.6) is 0 Å². The second kappa shape index (κ2) is 21.4. The Morgan fingerprint density at radius 3 is 2.06 bits per heavy atom. The molecule has 4 nitrogen and oxygen atoms in total. The lowest BCUT2D eigenvalue weighted by Gasteiger charge is -2.30. The molecule has 0 N–H and O–H groups in total. The molecule has 3 heterocycles. The van der Waals surface area contributed by atoms with Gasteiger partial charge in [0, 0.05) is 46.0 Å². The molecule has 0 radical (unpaired) electrons. The topological polar surface area (TPSA) is 33.4 Å². The Hall–Kier alpha value is -7.82. The monoisotopic (exact) mass is 872 g/mol. The number of allylic oxidation sites excluding steroid dienone is 8. The number of hydrogen-bond acceptors (Lipinski definition) is 3. The van der Waals surface area contributed by atoms with Crippen LogP contribution in [-0.2, 0) is 0 Å². The van der Waals surface area contributed by atoms with E-state index in [9.17, 15) is 0 Å². The van der Waals surface area contributed by atoms with E-state index in [1.165, 1.54) is 44.3 Å². The van der Waals surface area contributed by atoms with Gasteiger partial charge in [-0.1, -0.05) is 174 Å². The molecular weight excluding hydrogens is 813 g/mol. The molecule has 0 amide bonds. The number of aromatic nitrogens is 2. The number of hydrogen-bond donors (Lipinski definition) is 0. The van der Waals surface area contributed by atoms with Crippen LogP contribution in [0.1, 0.15) is 82.7 Å².